The van der Waals surface area contributed by atoms with E-state index in [1.807, 2.05) is 0 Å². The molecule has 1 saturated heterocycles. The van der Waals surface area contributed by atoms with Crippen molar-refractivity contribution in [2.24, 2.45) is 5.92 Å². The zero-order valence-corrected chi connectivity index (χ0v) is 12.8. The number of piperidine rings is 1. The third-order valence-electron chi connectivity index (χ3n) is 3.55. The fraction of sp³-hybridized carbons (Fsp3) is 0.500. The maximum absolute atomic E-state index is 11.7. The number of carbonyl (C=O) groups excluding carboxylic acids is 1. The van der Waals surface area contributed by atoms with E-state index in [9.17, 15) is 13.2 Å². The van der Waals surface area contributed by atoms with Gasteiger partial charge in [0.2, 0.25) is 15.9 Å². The van der Waals surface area contributed by atoms with Crippen LogP contribution in [0.15, 0.2) is 28.9 Å². The van der Waals surface area contributed by atoms with Crippen molar-refractivity contribution in [1.29, 1.82) is 0 Å². The minimum Gasteiger partial charge on any atom is -0.465 e. The van der Waals surface area contributed by atoms with Crippen molar-refractivity contribution in [2.45, 2.75) is 12.8 Å². The second kappa shape index (κ2) is 6.91. The highest BCUT2D eigenvalue weighted by atomic mass is 32.2. The second-order valence-corrected chi connectivity index (χ2v) is 7.18. The molecule has 0 spiro atoms. The van der Waals surface area contributed by atoms with Gasteiger partial charge in [0.25, 0.3) is 0 Å². The lowest BCUT2D eigenvalue weighted by atomic mass is 9.98. The summed E-state index contributed by atoms with van der Waals surface area (Å²) < 4.78 is 29.4. The van der Waals surface area contributed by atoms with E-state index < -0.39 is 10.0 Å². The Morgan fingerprint density at radius 1 is 1.48 bits per heavy atom. The average molecular weight is 312 g/mol. The Morgan fingerprint density at radius 2 is 2.19 bits per heavy atom. The summed E-state index contributed by atoms with van der Waals surface area (Å²) in [7, 11) is -3.09. The summed E-state index contributed by atoms with van der Waals surface area (Å²) in [6.45, 7) is 1.63. The van der Waals surface area contributed by atoms with Crippen LogP contribution in [0.4, 0.5) is 0 Å². The van der Waals surface area contributed by atoms with Gasteiger partial charge in [0, 0.05) is 25.7 Å². The largest absolute Gasteiger partial charge is 0.465 e. The molecule has 0 aliphatic carbocycles. The number of sulfonamides is 1. The molecule has 116 valence electrons. The van der Waals surface area contributed by atoms with Gasteiger partial charge in [-0.3, -0.25) is 4.79 Å². The van der Waals surface area contributed by atoms with Crippen molar-refractivity contribution in [3.63, 3.8) is 0 Å². The number of rotatable bonds is 5. The van der Waals surface area contributed by atoms with Crippen molar-refractivity contribution in [2.75, 3.05) is 25.9 Å². The maximum atomic E-state index is 11.7. The summed E-state index contributed by atoms with van der Waals surface area (Å²) in [6.07, 6.45) is 7.37. The van der Waals surface area contributed by atoms with E-state index in [1.54, 1.807) is 24.5 Å². The molecule has 0 saturated carbocycles. The van der Waals surface area contributed by atoms with Gasteiger partial charge < -0.3 is 9.73 Å². The van der Waals surface area contributed by atoms with E-state index in [0.29, 0.717) is 31.3 Å². The van der Waals surface area contributed by atoms with E-state index in [0.717, 1.165) is 12.8 Å². The lowest BCUT2D eigenvalue weighted by Gasteiger charge is -2.30. The molecule has 0 aromatic carbocycles. The summed E-state index contributed by atoms with van der Waals surface area (Å²) in [5.41, 5.74) is 0. The summed E-state index contributed by atoms with van der Waals surface area (Å²) in [4.78, 5) is 11.7. The molecule has 2 heterocycles. The molecular weight excluding hydrogens is 292 g/mol. The third kappa shape index (κ3) is 5.02. The minimum atomic E-state index is -3.09. The predicted octanol–water partition coefficient (Wildman–Crippen LogP) is 1.08. The zero-order valence-electron chi connectivity index (χ0n) is 12.0. The SMILES string of the molecule is CS(=O)(=O)N1CCC(CNC(=O)/C=C/c2ccco2)CC1. The Hall–Kier alpha value is -1.60. The molecule has 2 rings (SSSR count). The molecule has 1 N–H and O–H groups in total. The quantitative estimate of drug-likeness (QED) is 0.825. The Morgan fingerprint density at radius 3 is 2.76 bits per heavy atom. The van der Waals surface area contributed by atoms with E-state index in [-0.39, 0.29) is 5.91 Å². The van der Waals surface area contributed by atoms with Crippen LogP contribution in [0.25, 0.3) is 6.08 Å². The monoisotopic (exact) mass is 312 g/mol. The van der Waals surface area contributed by atoms with Crippen LogP contribution in [0.3, 0.4) is 0 Å². The summed E-state index contributed by atoms with van der Waals surface area (Å²) in [5, 5.41) is 2.83. The van der Waals surface area contributed by atoms with E-state index in [1.165, 1.54) is 16.6 Å². The number of furan rings is 1. The van der Waals surface area contributed by atoms with Gasteiger partial charge in [-0.05, 0) is 37.0 Å². The first kappa shape index (κ1) is 15.8. The van der Waals surface area contributed by atoms with Crippen molar-refractivity contribution in [3.05, 3.63) is 30.2 Å². The number of nitrogens with one attached hydrogen (secondary N) is 1. The molecular formula is C14H20N2O4S. The summed E-state index contributed by atoms with van der Waals surface area (Å²) in [5.74, 6) is 0.785. The molecule has 1 fully saturated rings. The van der Waals surface area contributed by atoms with Crippen molar-refractivity contribution < 1.29 is 17.6 Å². The number of carbonyl (C=O) groups is 1. The van der Waals surface area contributed by atoms with Gasteiger partial charge in [0.05, 0.1) is 12.5 Å². The third-order valence-corrected chi connectivity index (χ3v) is 4.85. The number of hydrogen-bond acceptors (Lipinski definition) is 4. The standard InChI is InChI=1S/C14H20N2O4S/c1-21(18,19)16-8-6-12(7-9-16)11-15-14(17)5-4-13-3-2-10-20-13/h2-5,10,12H,6-9,11H2,1H3,(H,15,17)/b5-4+. The highest BCUT2D eigenvalue weighted by Crippen LogP contribution is 2.18. The first-order valence-electron chi connectivity index (χ1n) is 6.89. The zero-order chi connectivity index (χ0) is 15.3. The smallest absolute Gasteiger partial charge is 0.244 e. The van der Waals surface area contributed by atoms with Crippen molar-refractivity contribution >= 4 is 22.0 Å². The van der Waals surface area contributed by atoms with Crippen LogP contribution in [0.5, 0.6) is 0 Å². The Bertz CT molecular complexity index is 585. The molecule has 1 aliphatic rings. The van der Waals surface area contributed by atoms with Crippen LogP contribution >= 0.6 is 0 Å². The van der Waals surface area contributed by atoms with E-state index in [2.05, 4.69) is 5.32 Å². The Kier molecular flexibility index (Phi) is 5.19. The number of amides is 1. The molecule has 1 aromatic heterocycles. The molecule has 6 nitrogen and oxygen atoms in total. The number of hydrogen-bond donors (Lipinski definition) is 1. The van der Waals surface area contributed by atoms with Crippen LogP contribution in [0.1, 0.15) is 18.6 Å². The van der Waals surface area contributed by atoms with Crippen molar-refractivity contribution in [3.8, 4) is 0 Å². The van der Waals surface area contributed by atoms with Crippen LogP contribution < -0.4 is 5.32 Å². The Labute approximate surface area is 124 Å². The normalized spacial score (nSPS) is 18.1. The molecule has 0 radical (unpaired) electrons. The fourth-order valence-electron chi connectivity index (χ4n) is 2.29. The van der Waals surface area contributed by atoms with Gasteiger partial charge in [-0.1, -0.05) is 0 Å². The first-order chi connectivity index (χ1) is 9.95. The molecule has 1 amide bonds. The first-order valence-corrected chi connectivity index (χ1v) is 8.74. The predicted molar refractivity (Wildman–Crippen MR) is 79.9 cm³/mol. The fourth-order valence-corrected chi connectivity index (χ4v) is 3.17. The average Bonchev–Trinajstić information content (AvgIpc) is 2.95. The van der Waals surface area contributed by atoms with Crippen LogP contribution in [0, 0.1) is 5.92 Å². The van der Waals surface area contributed by atoms with Gasteiger partial charge in [-0.15, -0.1) is 0 Å². The topological polar surface area (TPSA) is 79.6 Å². The molecule has 0 atom stereocenters. The van der Waals surface area contributed by atoms with Gasteiger partial charge in [0.15, 0.2) is 0 Å². The van der Waals surface area contributed by atoms with Crippen LogP contribution in [-0.2, 0) is 14.8 Å². The lowest BCUT2D eigenvalue weighted by molar-refractivity contribution is -0.116. The molecule has 7 heteroatoms. The lowest BCUT2D eigenvalue weighted by Crippen LogP contribution is -2.40. The van der Waals surface area contributed by atoms with E-state index in [4.69, 9.17) is 4.42 Å². The molecule has 21 heavy (non-hydrogen) atoms. The van der Waals surface area contributed by atoms with Gasteiger partial charge in [-0.2, -0.15) is 0 Å². The van der Waals surface area contributed by atoms with Crippen molar-refractivity contribution in [1.82, 2.24) is 9.62 Å². The minimum absolute atomic E-state index is 0.169. The summed E-state index contributed by atoms with van der Waals surface area (Å²) in [6, 6.07) is 3.53. The second-order valence-electron chi connectivity index (χ2n) is 5.20. The highest BCUT2D eigenvalue weighted by Gasteiger charge is 2.24. The van der Waals surface area contributed by atoms with Crippen LogP contribution in [-0.4, -0.2) is 44.5 Å². The van der Waals surface area contributed by atoms with Gasteiger partial charge in [-0.25, -0.2) is 12.7 Å². The number of nitrogens with zero attached hydrogens (tertiary/aromatic N) is 1. The molecule has 1 aromatic rings. The van der Waals surface area contributed by atoms with Gasteiger partial charge in [0.1, 0.15) is 5.76 Å². The molecule has 0 bridgehead atoms. The van der Waals surface area contributed by atoms with Crippen LogP contribution in [0.2, 0.25) is 0 Å². The molecule has 1 aliphatic heterocycles. The molecule has 0 unspecified atom stereocenters. The van der Waals surface area contributed by atoms with Gasteiger partial charge >= 0.3 is 0 Å². The van der Waals surface area contributed by atoms with E-state index >= 15 is 0 Å². The summed E-state index contributed by atoms with van der Waals surface area (Å²) >= 11 is 0. The Balaban J connectivity index is 1.71. The highest BCUT2D eigenvalue weighted by molar-refractivity contribution is 7.88. The maximum Gasteiger partial charge on any atom is 0.244 e.